The number of fused-ring (bicyclic) bond motifs is 1. The molecule has 2 heterocycles. The Morgan fingerprint density at radius 2 is 2.21 bits per heavy atom. The van der Waals surface area contributed by atoms with Gasteiger partial charge in [0.05, 0.1) is 5.41 Å². The molecule has 2 aliphatic heterocycles. The van der Waals surface area contributed by atoms with Crippen LogP contribution in [0.25, 0.3) is 0 Å². The van der Waals surface area contributed by atoms with Crippen LogP contribution in [0.1, 0.15) is 32.3 Å². The molecule has 0 radical (unpaired) electrons. The van der Waals surface area contributed by atoms with Gasteiger partial charge in [0.25, 0.3) is 0 Å². The average Bonchev–Trinajstić information content (AvgIpc) is 2.74. The Kier molecular flexibility index (Phi) is 3.09. The number of anilines is 1. The summed E-state index contributed by atoms with van der Waals surface area (Å²) >= 11 is 0. The van der Waals surface area contributed by atoms with Crippen molar-refractivity contribution in [2.24, 2.45) is 5.41 Å². The molecule has 0 aliphatic carbocycles. The maximum atomic E-state index is 13.0. The Balaban J connectivity index is 1.91. The van der Waals surface area contributed by atoms with Gasteiger partial charge >= 0.3 is 0 Å². The number of amides is 1. The van der Waals surface area contributed by atoms with Crippen LogP contribution in [0.4, 0.5) is 5.69 Å². The Hall–Kier alpha value is -1.35. The molecule has 2 aliphatic rings. The van der Waals surface area contributed by atoms with E-state index in [4.69, 9.17) is 0 Å². The standard InChI is InChI=1S/C16H22N2O/c1-12-10-13-6-3-4-7-14(13)18(12)15(19)16(2)8-5-9-17-11-16/h3-4,6-7,12,17H,5,8-11H2,1-2H3. The predicted molar refractivity (Wildman–Crippen MR) is 77.3 cm³/mol. The second kappa shape index (κ2) is 4.64. The van der Waals surface area contributed by atoms with Crippen molar-refractivity contribution in [1.29, 1.82) is 0 Å². The third-order valence-corrected chi connectivity index (χ3v) is 4.54. The van der Waals surface area contributed by atoms with Crippen molar-refractivity contribution in [3.05, 3.63) is 29.8 Å². The van der Waals surface area contributed by atoms with Crippen LogP contribution in [0.5, 0.6) is 0 Å². The number of benzene rings is 1. The molecule has 1 saturated heterocycles. The lowest BCUT2D eigenvalue weighted by molar-refractivity contribution is -0.128. The lowest BCUT2D eigenvalue weighted by atomic mass is 9.81. The number of hydrogen-bond donors (Lipinski definition) is 1. The highest BCUT2D eigenvalue weighted by atomic mass is 16.2. The van der Waals surface area contributed by atoms with Crippen LogP contribution in [-0.4, -0.2) is 25.0 Å². The van der Waals surface area contributed by atoms with Crippen LogP contribution in [0.2, 0.25) is 0 Å². The lowest BCUT2D eigenvalue weighted by Gasteiger charge is -2.37. The van der Waals surface area contributed by atoms with Crippen LogP contribution in [0.15, 0.2) is 24.3 Å². The van der Waals surface area contributed by atoms with Gasteiger partial charge in [-0.25, -0.2) is 0 Å². The van der Waals surface area contributed by atoms with E-state index in [1.807, 2.05) is 11.0 Å². The van der Waals surface area contributed by atoms with E-state index in [2.05, 4.69) is 37.4 Å². The highest BCUT2D eigenvalue weighted by Crippen LogP contribution is 2.37. The minimum Gasteiger partial charge on any atom is -0.316 e. The normalized spacial score (nSPS) is 30.2. The van der Waals surface area contributed by atoms with E-state index in [0.717, 1.165) is 38.0 Å². The minimum atomic E-state index is -0.246. The Bertz CT molecular complexity index is 491. The highest BCUT2D eigenvalue weighted by molar-refractivity contribution is 6.00. The number of hydrogen-bond acceptors (Lipinski definition) is 2. The average molecular weight is 258 g/mol. The molecular weight excluding hydrogens is 236 g/mol. The quantitative estimate of drug-likeness (QED) is 0.838. The summed E-state index contributed by atoms with van der Waals surface area (Å²) in [5, 5.41) is 3.37. The van der Waals surface area contributed by atoms with E-state index in [1.165, 1.54) is 5.56 Å². The summed E-state index contributed by atoms with van der Waals surface area (Å²) in [5.41, 5.74) is 2.17. The van der Waals surface area contributed by atoms with Gasteiger partial charge < -0.3 is 10.2 Å². The SMILES string of the molecule is CC1Cc2ccccc2N1C(=O)C1(C)CCCNC1. The maximum absolute atomic E-state index is 13.0. The largest absolute Gasteiger partial charge is 0.316 e. The first-order valence-corrected chi connectivity index (χ1v) is 7.24. The summed E-state index contributed by atoms with van der Waals surface area (Å²) in [6.07, 6.45) is 3.06. The smallest absolute Gasteiger partial charge is 0.234 e. The Labute approximate surface area is 115 Å². The van der Waals surface area contributed by atoms with Crippen LogP contribution in [0.3, 0.4) is 0 Å². The summed E-state index contributed by atoms with van der Waals surface area (Å²) < 4.78 is 0. The lowest BCUT2D eigenvalue weighted by Crippen LogP contribution is -2.52. The zero-order chi connectivity index (χ0) is 13.5. The topological polar surface area (TPSA) is 32.3 Å². The van der Waals surface area contributed by atoms with Crippen molar-refractivity contribution in [1.82, 2.24) is 5.32 Å². The van der Waals surface area contributed by atoms with Crippen molar-refractivity contribution in [2.75, 3.05) is 18.0 Å². The first-order valence-electron chi connectivity index (χ1n) is 7.24. The molecule has 2 unspecified atom stereocenters. The summed E-state index contributed by atoms with van der Waals surface area (Å²) in [5.74, 6) is 0.289. The van der Waals surface area contributed by atoms with E-state index in [9.17, 15) is 4.79 Å². The monoisotopic (exact) mass is 258 g/mol. The summed E-state index contributed by atoms with van der Waals surface area (Å²) in [6, 6.07) is 8.59. The first-order chi connectivity index (χ1) is 9.12. The molecule has 19 heavy (non-hydrogen) atoms. The molecule has 1 N–H and O–H groups in total. The molecule has 3 nitrogen and oxygen atoms in total. The van der Waals surface area contributed by atoms with E-state index in [-0.39, 0.29) is 17.4 Å². The zero-order valence-corrected chi connectivity index (χ0v) is 11.8. The van der Waals surface area contributed by atoms with E-state index >= 15 is 0 Å². The van der Waals surface area contributed by atoms with E-state index in [0.29, 0.717) is 0 Å². The molecule has 3 heteroatoms. The zero-order valence-electron chi connectivity index (χ0n) is 11.8. The number of carbonyl (C=O) groups excluding carboxylic acids is 1. The van der Waals surface area contributed by atoms with Crippen molar-refractivity contribution in [3.8, 4) is 0 Å². The number of para-hydroxylation sites is 1. The second-order valence-electron chi connectivity index (χ2n) is 6.20. The van der Waals surface area contributed by atoms with Gasteiger partial charge in [0.15, 0.2) is 0 Å². The molecule has 1 aromatic rings. The molecule has 0 aromatic heterocycles. The van der Waals surface area contributed by atoms with Gasteiger partial charge in [-0.3, -0.25) is 4.79 Å². The Morgan fingerprint density at radius 1 is 1.42 bits per heavy atom. The molecule has 1 amide bonds. The van der Waals surface area contributed by atoms with Crippen molar-refractivity contribution >= 4 is 11.6 Å². The first kappa shape index (κ1) is 12.7. The van der Waals surface area contributed by atoms with E-state index < -0.39 is 0 Å². The summed E-state index contributed by atoms with van der Waals surface area (Å²) in [6.45, 7) is 6.10. The molecule has 2 atom stereocenters. The van der Waals surface area contributed by atoms with Gasteiger partial charge in [0, 0.05) is 18.3 Å². The fourth-order valence-electron chi connectivity index (χ4n) is 3.40. The molecule has 0 saturated carbocycles. The molecular formula is C16H22N2O. The van der Waals surface area contributed by atoms with Gasteiger partial charge in [0.2, 0.25) is 5.91 Å². The molecule has 0 spiro atoms. The van der Waals surface area contributed by atoms with Gasteiger partial charge in [-0.15, -0.1) is 0 Å². The number of nitrogens with one attached hydrogen (secondary N) is 1. The van der Waals surface area contributed by atoms with Crippen LogP contribution < -0.4 is 10.2 Å². The molecule has 3 rings (SSSR count). The third kappa shape index (κ3) is 2.06. The minimum absolute atomic E-state index is 0.246. The van der Waals surface area contributed by atoms with Crippen molar-refractivity contribution < 1.29 is 4.79 Å². The Morgan fingerprint density at radius 3 is 2.95 bits per heavy atom. The predicted octanol–water partition coefficient (Wildman–Crippen LogP) is 2.35. The van der Waals surface area contributed by atoms with Gasteiger partial charge in [-0.05, 0) is 51.3 Å². The fourth-order valence-corrected chi connectivity index (χ4v) is 3.40. The molecule has 1 fully saturated rings. The van der Waals surface area contributed by atoms with Crippen molar-refractivity contribution in [3.63, 3.8) is 0 Å². The summed E-state index contributed by atoms with van der Waals surface area (Å²) in [7, 11) is 0. The van der Waals surface area contributed by atoms with Gasteiger partial charge in [0.1, 0.15) is 0 Å². The molecule has 102 valence electrons. The summed E-state index contributed by atoms with van der Waals surface area (Å²) in [4.78, 5) is 15.0. The number of piperidine rings is 1. The number of rotatable bonds is 1. The van der Waals surface area contributed by atoms with Gasteiger partial charge in [-0.2, -0.15) is 0 Å². The van der Waals surface area contributed by atoms with Gasteiger partial charge in [-0.1, -0.05) is 18.2 Å². The highest BCUT2D eigenvalue weighted by Gasteiger charge is 2.42. The second-order valence-corrected chi connectivity index (χ2v) is 6.20. The van der Waals surface area contributed by atoms with Crippen LogP contribution in [-0.2, 0) is 11.2 Å². The maximum Gasteiger partial charge on any atom is 0.234 e. The third-order valence-electron chi connectivity index (χ3n) is 4.54. The van der Waals surface area contributed by atoms with Crippen LogP contribution in [0, 0.1) is 5.41 Å². The fraction of sp³-hybridized carbons (Fsp3) is 0.562. The van der Waals surface area contributed by atoms with Crippen molar-refractivity contribution in [2.45, 2.75) is 39.2 Å². The molecule has 0 bridgehead atoms. The number of carbonyl (C=O) groups is 1. The molecule has 1 aromatic carbocycles. The number of nitrogens with zero attached hydrogens (tertiary/aromatic N) is 1. The van der Waals surface area contributed by atoms with E-state index in [1.54, 1.807) is 0 Å². The van der Waals surface area contributed by atoms with Crippen LogP contribution >= 0.6 is 0 Å².